The van der Waals surface area contributed by atoms with Crippen LogP contribution in [0.1, 0.15) is 44.1 Å². The van der Waals surface area contributed by atoms with Gasteiger partial charge in [0.2, 0.25) is 5.91 Å². The molecule has 1 saturated heterocycles. The Morgan fingerprint density at radius 1 is 1.25 bits per heavy atom. The third kappa shape index (κ3) is 4.07. The lowest BCUT2D eigenvalue weighted by Crippen LogP contribution is -2.49. The van der Waals surface area contributed by atoms with Crippen LogP contribution in [0.3, 0.4) is 0 Å². The van der Waals surface area contributed by atoms with E-state index in [2.05, 4.69) is 5.32 Å². The summed E-state index contributed by atoms with van der Waals surface area (Å²) in [4.78, 5) is 14.5. The molecule has 1 saturated carbocycles. The number of nitrogens with one attached hydrogen (secondary N) is 1. The van der Waals surface area contributed by atoms with Gasteiger partial charge in [-0.05, 0) is 63.1 Å². The zero-order valence-electron chi connectivity index (χ0n) is 14.3. The third-order valence-electron chi connectivity index (χ3n) is 5.28. The summed E-state index contributed by atoms with van der Waals surface area (Å²) in [6, 6.07) is 5.24. The lowest BCUT2D eigenvalue weighted by Gasteiger charge is -2.36. The first-order valence-corrected chi connectivity index (χ1v) is 9.02. The summed E-state index contributed by atoms with van der Waals surface area (Å²) in [5.74, 6) is -0.0909. The first-order valence-electron chi connectivity index (χ1n) is 9.02. The maximum atomic E-state index is 14.1. The summed E-state index contributed by atoms with van der Waals surface area (Å²) in [6.07, 6.45) is 4.58. The molecule has 1 heterocycles. The second-order valence-electron chi connectivity index (χ2n) is 7.25. The Hall–Kier alpha value is -1.62. The van der Waals surface area contributed by atoms with Gasteiger partial charge in [0.15, 0.2) is 0 Å². The van der Waals surface area contributed by atoms with Crippen molar-refractivity contribution in [3.05, 3.63) is 29.6 Å². The highest BCUT2D eigenvalue weighted by Crippen LogP contribution is 2.26. The molecular weight excluding hydrogens is 307 g/mol. The van der Waals surface area contributed by atoms with Crippen LogP contribution in [0.2, 0.25) is 0 Å². The SMILES string of the molecule is Cc1ccc(F)c(N2CCC[C@@H](NC(=O)C3CCC(O)CC3)C2)c1. The molecule has 1 aromatic carbocycles. The van der Waals surface area contributed by atoms with E-state index in [-0.39, 0.29) is 29.8 Å². The molecule has 1 aliphatic heterocycles. The van der Waals surface area contributed by atoms with E-state index in [1.54, 1.807) is 6.07 Å². The number of aliphatic hydroxyl groups is 1. The Morgan fingerprint density at radius 2 is 2.00 bits per heavy atom. The number of amides is 1. The lowest BCUT2D eigenvalue weighted by atomic mass is 9.86. The number of piperidine rings is 1. The summed E-state index contributed by atoms with van der Waals surface area (Å²) in [5.41, 5.74) is 1.67. The zero-order valence-corrected chi connectivity index (χ0v) is 14.3. The smallest absolute Gasteiger partial charge is 0.223 e. The van der Waals surface area contributed by atoms with Gasteiger partial charge in [0, 0.05) is 25.0 Å². The topological polar surface area (TPSA) is 52.6 Å². The fourth-order valence-corrected chi connectivity index (χ4v) is 3.84. The summed E-state index contributed by atoms with van der Waals surface area (Å²) >= 11 is 0. The number of hydrogen-bond acceptors (Lipinski definition) is 3. The van der Waals surface area contributed by atoms with Crippen molar-refractivity contribution in [2.45, 2.75) is 57.6 Å². The van der Waals surface area contributed by atoms with Crippen molar-refractivity contribution in [3.8, 4) is 0 Å². The van der Waals surface area contributed by atoms with Crippen LogP contribution in [0.15, 0.2) is 18.2 Å². The predicted molar refractivity (Wildman–Crippen MR) is 92.5 cm³/mol. The van der Waals surface area contributed by atoms with Gasteiger partial charge >= 0.3 is 0 Å². The molecule has 0 radical (unpaired) electrons. The molecule has 2 aliphatic rings. The first kappa shape index (κ1) is 17.2. The monoisotopic (exact) mass is 334 g/mol. The average molecular weight is 334 g/mol. The van der Waals surface area contributed by atoms with Crippen LogP contribution in [0.4, 0.5) is 10.1 Å². The van der Waals surface area contributed by atoms with Gasteiger partial charge in [-0.1, -0.05) is 6.07 Å². The Morgan fingerprint density at radius 3 is 2.75 bits per heavy atom. The third-order valence-corrected chi connectivity index (χ3v) is 5.28. The van der Waals surface area contributed by atoms with Gasteiger partial charge in [-0.15, -0.1) is 0 Å². The number of halogens is 1. The van der Waals surface area contributed by atoms with Gasteiger partial charge in [0.25, 0.3) is 0 Å². The van der Waals surface area contributed by atoms with E-state index in [0.717, 1.165) is 37.8 Å². The first-order chi connectivity index (χ1) is 11.5. The molecule has 4 nitrogen and oxygen atoms in total. The Bertz CT molecular complexity index is 585. The summed E-state index contributed by atoms with van der Waals surface area (Å²) < 4.78 is 14.1. The maximum Gasteiger partial charge on any atom is 0.223 e. The molecule has 2 fully saturated rings. The Labute approximate surface area is 143 Å². The molecule has 132 valence electrons. The van der Waals surface area contributed by atoms with Gasteiger partial charge in [-0.25, -0.2) is 4.39 Å². The second kappa shape index (κ2) is 7.51. The van der Waals surface area contributed by atoms with Crippen LogP contribution in [0, 0.1) is 18.7 Å². The van der Waals surface area contributed by atoms with Crippen molar-refractivity contribution in [1.29, 1.82) is 0 Å². The van der Waals surface area contributed by atoms with Crippen molar-refractivity contribution >= 4 is 11.6 Å². The highest BCUT2D eigenvalue weighted by Gasteiger charge is 2.29. The highest BCUT2D eigenvalue weighted by molar-refractivity contribution is 5.79. The van der Waals surface area contributed by atoms with E-state index in [1.807, 2.05) is 17.9 Å². The van der Waals surface area contributed by atoms with Crippen molar-refractivity contribution < 1.29 is 14.3 Å². The van der Waals surface area contributed by atoms with Crippen LogP contribution < -0.4 is 10.2 Å². The number of rotatable bonds is 3. The molecule has 0 spiro atoms. The van der Waals surface area contributed by atoms with E-state index in [4.69, 9.17) is 0 Å². The number of aliphatic hydroxyl groups excluding tert-OH is 1. The minimum absolute atomic E-state index is 0.0134. The number of benzene rings is 1. The van der Waals surface area contributed by atoms with Crippen LogP contribution in [-0.4, -0.2) is 36.2 Å². The highest BCUT2D eigenvalue weighted by atomic mass is 19.1. The molecule has 2 N–H and O–H groups in total. The molecule has 0 bridgehead atoms. The van der Waals surface area contributed by atoms with Gasteiger partial charge in [-0.2, -0.15) is 0 Å². The number of hydrogen-bond donors (Lipinski definition) is 2. The fourth-order valence-electron chi connectivity index (χ4n) is 3.84. The number of anilines is 1. The van der Waals surface area contributed by atoms with E-state index < -0.39 is 0 Å². The normalized spacial score (nSPS) is 27.8. The summed E-state index contributed by atoms with van der Waals surface area (Å²) in [6.45, 7) is 3.44. The average Bonchev–Trinajstić information content (AvgIpc) is 2.58. The van der Waals surface area contributed by atoms with Crippen LogP contribution in [0.5, 0.6) is 0 Å². The molecule has 1 aliphatic carbocycles. The lowest BCUT2D eigenvalue weighted by molar-refractivity contribution is -0.127. The number of aryl methyl sites for hydroxylation is 1. The van der Waals surface area contributed by atoms with Crippen LogP contribution in [-0.2, 0) is 4.79 Å². The molecule has 1 atom stereocenters. The summed E-state index contributed by atoms with van der Waals surface area (Å²) in [5, 5.41) is 12.7. The maximum absolute atomic E-state index is 14.1. The minimum atomic E-state index is -0.247. The van der Waals surface area contributed by atoms with Crippen molar-refractivity contribution in [1.82, 2.24) is 5.32 Å². The van der Waals surface area contributed by atoms with Crippen molar-refractivity contribution in [3.63, 3.8) is 0 Å². The van der Waals surface area contributed by atoms with E-state index >= 15 is 0 Å². The zero-order chi connectivity index (χ0) is 17.1. The molecular formula is C19H27FN2O2. The van der Waals surface area contributed by atoms with Crippen LogP contribution >= 0.6 is 0 Å². The predicted octanol–water partition coefficient (Wildman–Crippen LogP) is 2.77. The van der Waals surface area contributed by atoms with Gasteiger partial charge in [-0.3, -0.25) is 4.79 Å². The fraction of sp³-hybridized carbons (Fsp3) is 0.632. The minimum Gasteiger partial charge on any atom is -0.393 e. The van der Waals surface area contributed by atoms with E-state index in [0.29, 0.717) is 25.1 Å². The van der Waals surface area contributed by atoms with E-state index in [1.165, 1.54) is 6.07 Å². The summed E-state index contributed by atoms with van der Waals surface area (Å²) in [7, 11) is 0. The van der Waals surface area contributed by atoms with Crippen molar-refractivity contribution in [2.24, 2.45) is 5.92 Å². The Kier molecular flexibility index (Phi) is 5.39. The largest absolute Gasteiger partial charge is 0.393 e. The van der Waals surface area contributed by atoms with Crippen LogP contribution in [0.25, 0.3) is 0 Å². The van der Waals surface area contributed by atoms with Gasteiger partial charge in [0.1, 0.15) is 5.82 Å². The standard InChI is InChI=1S/C19H27FN2O2/c1-13-4-9-17(20)18(11-13)22-10-2-3-15(12-22)21-19(24)14-5-7-16(23)8-6-14/h4,9,11,14-16,23H,2-3,5-8,10,12H2,1H3,(H,21,24)/t14?,15-,16?/m1/s1. The quantitative estimate of drug-likeness (QED) is 0.894. The molecule has 1 amide bonds. The number of nitrogens with zero attached hydrogens (tertiary/aromatic N) is 1. The second-order valence-corrected chi connectivity index (χ2v) is 7.25. The molecule has 0 unspecified atom stereocenters. The molecule has 3 rings (SSSR count). The molecule has 24 heavy (non-hydrogen) atoms. The molecule has 0 aromatic heterocycles. The Balaban J connectivity index is 1.59. The molecule has 5 heteroatoms. The number of carbonyl (C=O) groups excluding carboxylic acids is 1. The number of carbonyl (C=O) groups is 1. The van der Waals surface area contributed by atoms with Gasteiger partial charge < -0.3 is 15.3 Å². The van der Waals surface area contributed by atoms with Gasteiger partial charge in [0.05, 0.1) is 11.8 Å². The van der Waals surface area contributed by atoms with E-state index in [9.17, 15) is 14.3 Å². The molecule has 1 aromatic rings. The van der Waals surface area contributed by atoms with Crippen molar-refractivity contribution in [2.75, 3.05) is 18.0 Å².